The molecule has 2 aromatic rings. The maximum absolute atomic E-state index is 11.0. The Kier molecular flexibility index (Phi) is 4.84. The highest BCUT2D eigenvalue weighted by Crippen LogP contribution is 2.19. The van der Waals surface area contributed by atoms with Gasteiger partial charge in [-0.05, 0) is 18.6 Å². The van der Waals surface area contributed by atoms with Crippen LogP contribution in [-0.2, 0) is 0 Å². The zero-order valence-electron chi connectivity index (χ0n) is 11.7. The number of carboxylic acids is 1. The zero-order chi connectivity index (χ0) is 15.2. The van der Waals surface area contributed by atoms with Crippen molar-refractivity contribution >= 4 is 11.8 Å². The van der Waals surface area contributed by atoms with Crippen molar-refractivity contribution in [3.63, 3.8) is 0 Å². The smallest absolute Gasteiger partial charge is 0.335 e. The second-order valence-corrected chi connectivity index (χ2v) is 4.61. The van der Waals surface area contributed by atoms with E-state index in [1.807, 2.05) is 6.92 Å². The second-order valence-electron chi connectivity index (χ2n) is 4.61. The van der Waals surface area contributed by atoms with Gasteiger partial charge in [0.2, 0.25) is 0 Å². The number of hydrogen-bond acceptors (Lipinski definition) is 5. The first kappa shape index (κ1) is 14.9. The number of hydrogen-bond donors (Lipinski definition) is 3. The summed E-state index contributed by atoms with van der Waals surface area (Å²) in [6.45, 7) is 1.97. The number of rotatable bonds is 6. The number of carbonyl (C=O) groups is 1. The van der Waals surface area contributed by atoms with Crippen LogP contribution in [0.15, 0.2) is 36.7 Å². The molecule has 2 rings (SSSR count). The number of aliphatic hydroxyl groups excluding tert-OH is 1. The summed E-state index contributed by atoms with van der Waals surface area (Å²) in [6.07, 6.45) is 3.91. The van der Waals surface area contributed by atoms with Gasteiger partial charge in [-0.1, -0.05) is 19.1 Å². The minimum Gasteiger partial charge on any atom is -0.478 e. The van der Waals surface area contributed by atoms with Gasteiger partial charge < -0.3 is 15.5 Å². The highest BCUT2D eigenvalue weighted by Gasteiger charge is 2.09. The zero-order valence-corrected chi connectivity index (χ0v) is 11.7. The topological polar surface area (TPSA) is 95.3 Å². The molecule has 0 aliphatic heterocycles. The SMILES string of the molecule is CCC(CO)Nc1cncc(-c2cccc(C(=O)O)c2)n1. The molecule has 21 heavy (non-hydrogen) atoms. The van der Waals surface area contributed by atoms with E-state index in [1.165, 1.54) is 6.07 Å². The molecule has 0 saturated carbocycles. The number of nitrogens with one attached hydrogen (secondary N) is 1. The van der Waals surface area contributed by atoms with Gasteiger partial charge in [0.05, 0.1) is 36.3 Å². The first-order chi connectivity index (χ1) is 10.1. The summed E-state index contributed by atoms with van der Waals surface area (Å²) in [5.74, 6) is -0.431. The molecule has 0 radical (unpaired) electrons. The summed E-state index contributed by atoms with van der Waals surface area (Å²) in [4.78, 5) is 19.5. The third-order valence-electron chi connectivity index (χ3n) is 3.11. The van der Waals surface area contributed by atoms with Crippen LogP contribution in [0.3, 0.4) is 0 Å². The molecule has 1 atom stereocenters. The minimum absolute atomic E-state index is 0.0108. The number of aromatic carboxylic acids is 1. The largest absolute Gasteiger partial charge is 0.478 e. The maximum atomic E-state index is 11.0. The lowest BCUT2D eigenvalue weighted by molar-refractivity contribution is 0.0697. The molecule has 0 aliphatic rings. The van der Waals surface area contributed by atoms with Crippen molar-refractivity contribution < 1.29 is 15.0 Å². The highest BCUT2D eigenvalue weighted by molar-refractivity contribution is 5.89. The summed E-state index contributed by atoms with van der Waals surface area (Å²) >= 11 is 0. The van der Waals surface area contributed by atoms with Gasteiger partial charge in [-0.15, -0.1) is 0 Å². The Balaban J connectivity index is 2.28. The fourth-order valence-corrected chi connectivity index (χ4v) is 1.87. The van der Waals surface area contributed by atoms with Crippen molar-refractivity contribution in [2.45, 2.75) is 19.4 Å². The van der Waals surface area contributed by atoms with Crippen molar-refractivity contribution in [2.75, 3.05) is 11.9 Å². The van der Waals surface area contributed by atoms with Crippen LogP contribution in [0.5, 0.6) is 0 Å². The van der Waals surface area contributed by atoms with Gasteiger partial charge in [-0.25, -0.2) is 9.78 Å². The summed E-state index contributed by atoms with van der Waals surface area (Å²) in [6, 6.07) is 6.45. The molecule has 110 valence electrons. The molecule has 1 aromatic carbocycles. The minimum atomic E-state index is -0.981. The van der Waals surface area contributed by atoms with Crippen LogP contribution in [0.2, 0.25) is 0 Å². The normalized spacial score (nSPS) is 11.9. The van der Waals surface area contributed by atoms with E-state index in [0.717, 1.165) is 6.42 Å². The van der Waals surface area contributed by atoms with E-state index in [-0.39, 0.29) is 18.2 Å². The predicted octanol–water partition coefficient (Wildman–Crippen LogP) is 2.02. The van der Waals surface area contributed by atoms with Crippen LogP contribution in [-0.4, -0.2) is 38.8 Å². The Bertz CT molecular complexity index is 627. The van der Waals surface area contributed by atoms with Crippen molar-refractivity contribution in [3.05, 3.63) is 42.2 Å². The summed E-state index contributed by atoms with van der Waals surface area (Å²) < 4.78 is 0. The van der Waals surface area contributed by atoms with E-state index in [4.69, 9.17) is 5.11 Å². The molecule has 1 unspecified atom stereocenters. The second kappa shape index (κ2) is 6.81. The molecule has 6 heteroatoms. The van der Waals surface area contributed by atoms with E-state index >= 15 is 0 Å². The van der Waals surface area contributed by atoms with E-state index in [1.54, 1.807) is 30.6 Å². The molecule has 0 fully saturated rings. The molecule has 1 heterocycles. The van der Waals surface area contributed by atoms with Crippen molar-refractivity contribution in [2.24, 2.45) is 0 Å². The van der Waals surface area contributed by atoms with Crippen LogP contribution < -0.4 is 5.32 Å². The lowest BCUT2D eigenvalue weighted by Crippen LogP contribution is -2.23. The molecular weight excluding hydrogens is 270 g/mol. The van der Waals surface area contributed by atoms with Gasteiger partial charge in [0.25, 0.3) is 0 Å². The average Bonchev–Trinajstić information content (AvgIpc) is 2.53. The Morgan fingerprint density at radius 1 is 1.38 bits per heavy atom. The van der Waals surface area contributed by atoms with Crippen LogP contribution >= 0.6 is 0 Å². The predicted molar refractivity (Wildman–Crippen MR) is 79.2 cm³/mol. The lowest BCUT2D eigenvalue weighted by atomic mass is 10.1. The van der Waals surface area contributed by atoms with Gasteiger partial charge in [0, 0.05) is 5.56 Å². The Hall–Kier alpha value is -2.47. The molecular formula is C15H17N3O3. The Labute approximate surface area is 122 Å². The quantitative estimate of drug-likeness (QED) is 0.752. The number of carboxylic acid groups (broad SMARTS) is 1. The Morgan fingerprint density at radius 2 is 2.19 bits per heavy atom. The number of benzene rings is 1. The monoisotopic (exact) mass is 287 g/mol. The van der Waals surface area contributed by atoms with E-state index < -0.39 is 5.97 Å². The van der Waals surface area contributed by atoms with Crippen LogP contribution in [0, 0.1) is 0 Å². The molecule has 6 nitrogen and oxygen atoms in total. The van der Waals surface area contributed by atoms with Gasteiger partial charge in [0.15, 0.2) is 0 Å². The lowest BCUT2D eigenvalue weighted by Gasteiger charge is -2.14. The van der Waals surface area contributed by atoms with Crippen LogP contribution in [0.25, 0.3) is 11.3 Å². The average molecular weight is 287 g/mol. The van der Waals surface area contributed by atoms with E-state index in [2.05, 4.69) is 15.3 Å². The fraction of sp³-hybridized carbons (Fsp3) is 0.267. The van der Waals surface area contributed by atoms with E-state index in [9.17, 15) is 9.90 Å². The standard InChI is InChI=1S/C15H17N3O3/c1-2-12(9-19)17-14-8-16-7-13(18-14)10-4-3-5-11(6-10)15(20)21/h3-8,12,19H,2,9H2,1H3,(H,17,18)(H,20,21). The molecule has 3 N–H and O–H groups in total. The maximum Gasteiger partial charge on any atom is 0.335 e. The number of nitrogens with zero attached hydrogens (tertiary/aromatic N) is 2. The molecule has 0 spiro atoms. The third-order valence-corrected chi connectivity index (χ3v) is 3.11. The van der Waals surface area contributed by atoms with Crippen molar-refractivity contribution in [3.8, 4) is 11.3 Å². The van der Waals surface area contributed by atoms with Crippen molar-refractivity contribution in [1.82, 2.24) is 9.97 Å². The Morgan fingerprint density at radius 3 is 2.86 bits per heavy atom. The van der Waals surface area contributed by atoms with Crippen LogP contribution in [0.4, 0.5) is 5.82 Å². The summed E-state index contributed by atoms with van der Waals surface area (Å²) in [5.41, 5.74) is 1.47. The van der Waals surface area contributed by atoms with E-state index in [0.29, 0.717) is 17.1 Å². The van der Waals surface area contributed by atoms with Gasteiger partial charge >= 0.3 is 5.97 Å². The molecule has 0 bridgehead atoms. The number of anilines is 1. The third kappa shape index (κ3) is 3.76. The molecule has 0 saturated heterocycles. The van der Waals surface area contributed by atoms with Crippen molar-refractivity contribution in [1.29, 1.82) is 0 Å². The summed E-state index contributed by atoms with van der Waals surface area (Å²) in [7, 11) is 0. The fourth-order valence-electron chi connectivity index (χ4n) is 1.87. The van der Waals surface area contributed by atoms with Gasteiger partial charge in [-0.2, -0.15) is 0 Å². The molecule has 1 aromatic heterocycles. The number of aliphatic hydroxyl groups is 1. The first-order valence-electron chi connectivity index (χ1n) is 6.67. The van der Waals surface area contributed by atoms with Crippen LogP contribution in [0.1, 0.15) is 23.7 Å². The van der Waals surface area contributed by atoms with Gasteiger partial charge in [-0.3, -0.25) is 4.98 Å². The highest BCUT2D eigenvalue weighted by atomic mass is 16.4. The molecule has 0 amide bonds. The molecule has 0 aliphatic carbocycles. The first-order valence-corrected chi connectivity index (χ1v) is 6.67. The van der Waals surface area contributed by atoms with Gasteiger partial charge in [0.1, 0.15) is 5.82 Å². The summed E-state index contributed by atoms with van der Waals surface area (Å²) in [5, 5.41) is 21.3. The number of aromatic nitrogens is 2.